The molecular formula is C31H33N7O3. The number of carbonyl (C=O) groups is 1. The third kappa shape index (κ3) is 6.12. The summed E-state index contributed by atoms with van der Waals surface area (Å²) in [4.78, 5) is 35.1. The summed E-state index contributed by atoms with van der Waals surface area (Å²) in [6.45, 7) is 7.47. The van der Waals surface area contributed by atoms with Gasteiger partial charge < -0.3 is 24.6 Å². The smallest absolute Gasteiger partial charge is 0.230 e. The summed E-state index contributed by atoms with van der Waals surface area (Å²) in [5.41, 5.74) is 4.83. The Labute approximate surface area is 239 Å². The van der Waals surface area contributed by atoms with Crippen LogP contribution in [0.15, 0.2) is 66.9 Å². The molecule has 1 atom stereocenters. The van der Waals surface area contributed by atoms with Crippen LogP contribution in [0.1, 0.15) is 30.7 Å². The van der Waals surface area contributed by atoms with Gasteiger partial charge in [-0.1, -0.05) is 30.3 Å². The largest absolute Gasteiger partial charge is 0.473 e. The number of hydrogen-bond donors (Lipinski definition) is 1. The topological polar surface area (TPSA) is 106 Å². The van der Waals surface area contributed by atoms with Gasteiger partial charge in [-0.15, -0.1) is 0 Å². The van der Waals surface area contributed by atoms with Crippen LogP contribution < -0.4 is 15.0 Å². The molecule has 10 heteroatoms. The van der Waals surface area contributed by atoms with Crippen molar-refractivity contribution >= 4 is 23.4 Å². The minimum absolute atomic E-state index is 0.0595. The molecule has 0 saturated carbocycles. The zero-order valence-corrected chi connectivity index (χ0v) is 23.3. The van der Waals surface area contributed by atoms with Crippen molar-refractivity contribution in [1.82, 2.24) is 24.8 Å². The molecule has 2 aliphatic heterocycles. The number of carbonyl (C=O) groups excluding carboxylic acids is 1. The van der Waals surface area contributed by atoms with E-state index in [-0.39, 0.29) is 11.9 Å². The summed E-state index contributed by atoms with van der Waals surface area (Å²) in [5, 5.41) is 3.25. The maximum atomic E-state index is 12.1. The van der Waals surface area contributed by atoms with E-state index in [2.05, 4.69) is 27.1 Å². The van der Waals surface area contributed by atoms with Crippen molar-refractivity contribution in [2.75, 3.05) is 36.5 Å². The molecule has 4 heterocycles. The lowest BCUT2D eigenvalue weighted by Crippen LogP contribution is -2.45. The molecular weight excluding hydrogens is 518 g/mol. The molecule has 210 valence electrons. The van der Waals surface area contributed by atoms with Crippen molar-refractivity contribution in [3.63, 3.8) is 0 Å². The van der Waals surface area contributed by atoms with Crippen molar-refractivity contribution in [2.45, 2.75) is 39.5 Å². The van der Waals surface area contributed by atoms with Crippen molar-refractivity contribution < 1.29 is 14.3 Å². The fourth-order valence-electron chi connectivity index (χ4n) is 5.13. The standard InChI is InChI=1S/C31H33N7O3/c1-21-19-40-17-16-38(21)30-26-13-15-37(22(2)39)18-27(26)34-29(36-30)24-8-10-25(11-9-24)33-31-32-14-12-28(35-31)41-20-23-6-4-3-5-7-23/h3-12,14,21H,13,15-20H2,1-2H3,(H,32,33,35). The van der Waals surface area contributed by atoms with E-state index in [1.54, 1.807) is 19.2 Å². The molecule has 1 amide bonds. The first-order valence-corrected chi connectivity index (χ1v) is 13.9. The Hall–Kier alpha value is -4.57. The molecule has 10 nitrogen and oxygen atoms in total. The quantitative estimate of drug-likeness (QED) is 0.358. The Morgan fingerprint density at radius 3 is 2.66 bits per heavy atom. The average molecular weight is 552 g/mol. The number of anilines is 3. The van der Waals surface area contributed by atoms with Crippen LogP contribution in [-0.4, -0.2) is 63.1 Å². The van der Waals surface area contributed by atoms with Crippen molar-refractivity contribution in [3.8, 4) is 17.3 Å². The first kappa shape index (κ1) is 26.6. The Balaban J connectivity index is 1.22. The van der Waals surface area contributed by atoms with Gasteiger partial charge in [0.05, 0.1) is 31.5 Å². The Bertz CT molecular complexity index is 1510. The highest BCUT2D eigenvalue weighted by molar-refractivity contribution is 5.74. The average Bonchev–Trinajstić information content (AvgIpc) is 3.00. The van der Waals surface area contributed by atoms with Crippen LogP contribution in [0.5, 0.6) is 5.88 Å². The van der Waals surface area contributed by atoms with Gasteiger partial charge in [0.2, 0.25) is 17.7 Å². The van der Waals surface area contributed by atoms with Crippen molar-refractivity contribution in [1.29, 1.82) is 0 Å². The molecule has 1 saturated heterocycles. The number of nitrogens with zero attached hydrogens (tertiary/aromatic N) is 6. The predicted octanol–water partition coefficient (Wildman–Crippen LogP) is 4.39. The van der Waals surface area contributed by atoms with Crippen LogP contribution >= 0.6 is 0 Å². The number of benzene rings is 2. The number of amides is 1. The molecule has 0 spiro atoms. The minimum Gasteiger partial charge on any atom is -0.473 e. The lowest BCUT2D eigenvalue weighted by molar-refractivity contribution is -0.129. The molecule has 1 fully saturated rings. The summed E-state index contributed by atoms with van der Waals surface area (Å²) in [7, 11) is 0. The fraction of sp³-hybridized carbons (Fsp3) is 0.323. The molecule has 0 aliphatic carbocycles. The predicted molar refractivity (Wildman–Crippen MR) is 156 cm³/mol. The zero-order valence-electron chi connectivity index (χ0n) is 23.3. The molecule has 2 aliphatic rings. The summed E-state index contributed by atoms with van der Waals surface area (Å²) >= 11 is 0. The van der Waals surface area contributed by atoms with E-state index in [0.29, 0.717) is 50.6 Å². The van der Waals surface area contributed by atoms with Gasteiger partial charge >= 0.3 is 0 Å². The molecule has 0 bridgehead atoms. The van der Waals surface area contributed by atoms with Crippen LogP contribution in [-0.2, 0) is 29.1 Å². The van der Waals surface area contributed by atoms with E-state index in [1.807, 2.05) is 59.5 Å². The van der Waals surface area contributed by atoms with Gasteiger partial charge in [0.1, 0.15) is 12.4 Å². The normalized spacial score (nSPS) is 16.7. The van der Waals surface area contributed by atoms with Crippen molar-refractivity contribution in [3.05, 3.63) is 83.7 Å². The molecule has 41 heavy (non-hydrogen) atoms. The summed E-state index contributed by atoms with van der Waals surface area (Å²) in [6.07, 6.45) is 2.41. The van der Waals surface area contributed by atoms with Crippen LogP contribution in [0.25, 0.3) is 11.4 Å². The van der Waals surface area contributed by atoms with Gasteiger partial charge in [-0.3, -0.25) is 4.79 Å². The zero-order chi connectivity index (χ0) is 28.2. The van der Waals surface area contributed by atoms with Crippen LogP contribution in [0, 0.1) is 0 Å². The summed E-state index contributed by atoms with van der Waals surface area (Å²) in [6, 6.07) is 19.8. The second-order valence-corrected chi connectivity index (χ2v) is 10.3. The number of fused-ring (bicyclic) bond motifs is 1. The molecule has 0 radical (unpaired) electrons. The first-order chi connectivity index (χ1) is 20.0. The first-order valence-electron chi connectivity index (χ1n) is 13.9. The fourth-order valence-corrected chi connectivity index (χ4v) is 5.13. The highest BCUT2D eigenvalue weighted by Gasteiger charge is 2.29. The van der Waals surface area contributed by atoms with Gasteiger partial charge in [0.15, 0.2) is 5.82 Å². The highest BCUT2D eigenvalue weighted by atomic mass is 16.5. The van der Waals surface area contributed by atoms with Crippen molar-refractivity contribution in [2.24, 2.45) is 0 Å². The van der Waals surface area contributed by atoms with Gasteiger partial charge in [0, 0.05) is 49.1 Å². The molecule has 2 aromatic heterocycles. The minimum atomic E-state index is 0.0595. The molecule has 2 aromatic carbocycles. The lowest BCUT2D eigenvalue weighted by Gasteiger charge is -2.37. The lowest BCUT2D eigenvalue weighted by atomic mass is 10.0. The van der Waals surface area contributed by atoms with E-state index < -0.39 is 0 Å². The second kappa shape index (κ2) is 11.9. The van der Waals surface area contributed by atoms with Gasteiger partial charge in [0.25, 0.3) is 0 Å². The number of aromatic nitrogens is 4. The number of hydrogen-bond acceptors (Lipinski definition) is 9. The number of ether oxygens (including phenoxy) is 2. The SMILES string of the molecule is CC(=O)N1CCc2c(nc(-c3ccc(Nc4nccc(OCc5ccccc5)n4)cc3)nc2N2CCOCC2C)C1. The maximum Gasteiger partial charge on any atom is 0.230 e. The van der Waals surface area contributed by atoms with E-state index in [4.69, 9.17) is 19.4 Å². The van der Waals surface area contributed by atoms with Gasteiger partial charge in [-0.2, -0.15) is 4.98 Å². The summed E-state index contributed by atoms with van der Waals surface area (Å²) < 4.78 is 11.5. The third-order valence-corrected chi connectivity index (χ3v) is 7.39. The second-order valence-electron chi connectivity index (χ2n) is 10.3. The van der Waals surface area contributed by atoms with E-state index in [9.17, 15) is 4.79 Å². The van der Waals surface area contributed by atoms with E-state index >= 15 is 0 Å². The monoisotopic (exact) mass is 551 g/mol. The molecule has 6 rings (SSSR count). The molecule has 1 unspecified atom stereocenters. The summed E-state index contributed by atoms with van der Waals surface area (Å²) in [5.74, 6) is 2.59. The number of rotatable bonds is 7. The Morgan fingerprint density at radius 2 is 1.88 bits per heavy atom. The van der Waals surface area contributed by atoms with Crippen LogP contribution in [0.2, 0.25) is 0 Å². The maximum absolute atomic E-state index is 12.1. The Kier molecular flexibility index (Phi) is 7.73. The highest BCUT2D eigenvalue weighted by Crippen LogP contribution is 2.32. The Morgan fingerprint density at radius 1 is 1.05 bits per heavy atom. The molecule has 4 aromatic rings. The van der Waals surface area contributed by atoms with Crippen LogP contribution in [0.3, 0.4) is 0 Å². The number of morpholine rings is 1. The van der Waals surface area contributed by atoms with E-state index in [0.717, 1.165) is 46.9 Å². The number of nitrogens with one attached hydrogen (secondary N) is 1. The third-order valence-electron chi connectivity index (χ3n) is 7.39. The molecule has 1 N–H and O–H groups in total. The van der Waals surface area contributed by atoms with Crippen LogP contribution in [0.4, 0.5) is 17.5 Å². The van der Waals surface area contributed by atoms with Gasteiger partial charge in [-0.05, 0) is 43.2 Å². The van der Waals surface area contributed by atoms with Gasteiger partial charge in [-0.25, -0.2) is 15.0 Å². The van der Waals surface area contributed by atoms with E-state index in [1.165, 1.54) is 0 Å².